The number of aliphatic hydroxyl groups is 1. The second-order valence-electron chi connectivity index (χ2n) is 19.1. The molecular weight excluding hydrogens is 833 g/mol. The van der Waals surface area contributed by atoms with Gasteiger partial charge in [0.05, 0.1) is 28.5 Å². The van der Waals surface area contributed by atoms with E-state index in [1.54, 1.807) is 31.3 Å². The number of pyridine rings is 2. The van der Waals surface area contributed by atoms with Crippen LogP contribution in [0.15, 0.2) is 84.1 Å². The molecule has 338 valence electrons. The lowest BCUT2D eigenvalue weighted by atomic mass is 9.59. The molecule has 4 aliphatic rings. The molecule has 3 aromatic heterocycles. The van der Waals surface area contributed by atoms with Gasteiger partial charge in [-0.3, -0.25) is 19.8 Å². The minimum atomic E-state index is -4.62. The number of hydrogen-bond acceptors (Lipinski definition) is 12. The number of piperidine rings is 1. The maximum absolute atomic E-state index is 14.0. The minimum Gasteiger partial charge on any atom is -0.455 e. The minimum absolute atomic E-state index is 0.0387. The van der Waals surface area contributed by atoms with Crippen molar-refractivity contribution < 1.29 is 28.0 Å². The normalized spacial score (nSPS) is 22.7. The van der Waals surface area contributed by atoms with Gasteiger partial charge in [-0.15, -0.1) is 0 Å². The summed E-state index contributed by atoms with van der Waals surface area (Å²) in [6, 6.07) is 19.7. The van der Waals surface area contributed by atoms with Crippen molar-refractivity contribution in [3.63, 3.8) is 0 Å². The highest BCUT2D eigenvalue weighted by Gasteiger charge is 2.50. The number of hydrogen-bond donors (Lipinski definition) is 4. The van der Waals surface area contributed by atoms with Crippen LogP contribution in [0.5, 0.6) is 11.5 Å². The van der Waals surface area contributed by atoms with Crippen LogP contribution in [-0.4, -0.2) is 82.0 Å². The first-order valence-electron chi connectivity index (χ1n) is 22.7. The van der Waals surface area contributed by atoms with E-state index in [0.717, 1.165) is 68.7 Å². The highest BCUT2D eigenvalue weighted by atomic mass is 32.2. The number of carbonyl (C=O) groups excluding carboxylic acids is 1. The van der Waals surface area contributed by atoms with Crippen LogP contribution in [0, 0.1) is 21.4 Å². The van der Waals surface area contributed by atoms with Crippen molar-refractivity contribution in [1.29, 1.82) is 0 Å². The van der Waals surface area contributed by atoms with Crippen LogP contribution in [-0.2, 0) is 10.0 Å². The second-order valence-corrected chi connectivity index (χ2v) is 20.8. The Morgan fingerprint density at radius 1 is 1.00 bits per heavy atom. The second kappa shape index (κ2) is 17.4. The number of aromatic amines is 1. The van der Waals surface area contributed by atoms with E-state index in [9.17, 15) is 28.4 Å². The number of nitrogens with zero attached hydrogens (tertiary/aromatic N) is 5. The Morgan fingerprint density at radius 2 is 1.77 bits per heavy atom. The van der Waals surface area contributed by atoms with Gasteiger partial charge in [-0.1, -0.05) is 38.1 Å². The SMILES string of the molecule is CC(C)c1ccccc1C1CCCN1C1CC2(CCN(c3ccc(C(=O)NS(=O)(=O)c4cnc(NCC5CCC(C)(O)CC5)c([N+](=O)[O-])c4)c(Oc4cnc5[nH]ccc5c4)c3)CC2)C1. The third-order valence-electron chi connectivity index (χ3n) is 14.4. The molecule has 2 aliphatic heterocycles. The van der Waals surface area contributed by atoms with Crippen LogP contribution < -0.4 is 19.7 Å². The molecule has 2 saturated heterocycles. The van der Waals surface area contributed by atoms with E-state index in [2.05, 4.69) is 72.9 Å². The number of anilines is 2. The van der Waals surface area contributed by atoms with Gasteiger partial charge in [0.2, 0.25) is 5.82 Å². The van der Waals surface area contributed by atoms with Crippen LogP contribution in [0.3, 0.4) is 0 Å². The summed E-state index contributed by atoms with van der Waals surface area (Å²) in [5.41, 5.74) is 3.47. The predicted octanol–water partition coefficient (Wildman–Crippen LogP) is 8.84. The molecule has 16 heteroatoms. The molecular formula is C48H58N8O7S. The zero-order valence-corrected chi connectivity index (χ0v) is 37.6. The third kappa shape index (κ3) is 9.04. The summed E-state index contributed by atoms with van der Waals surface area (Å²) in [6.45, 7) is 9.57. The van der Waals surface area contributed by atoms with Crippen LogP contribution in [0.4, 0.5) is 17.2 Å². The fraction of sp³-hybridized carbons (Fsp3) is 0.479. The van der Waals surface area contributed by atoms with E-state index in [4.69, 9.17) is 4.74 Å². The van der Waals surface area contributed by atoms with Gasteiger partial charge in [0, 0.05) is 61.1 Å². The first-order valence-corrected chi connectivity index (χ1v) is 24.2. The number of nitrogens with one attached hydrogen (secondary N) is 3. The number of sulfonamides is 1. The molecule has 15 nitrogen and oxygen atoms in total. The van der Waals surface area contributed by atoms with E-state index < -0.39 is 37.0 Å². The fourth-order valence-corrected chi connectivity index (χ4v) is 11.6. The summed E-state index contributed by atoms with van der Waals surface area (Å²) in [5, 5.41) is 26.2. The summed E-state index contributed by atoms with van der Waals surface area (Å²) >= 11 is 0. The molecule has 1 unspecified atom stereocenters. The molecule has 1 spiro atoms. The third-order valence-corrected chi connectivity index (χ3v) is 15.7. The molecule has 5 aromatic rings. The molecule has 2 aromatic carbocycles. The van der Waals surface area contributed by atoms with Gasteiger partial charge >= 0.3 is 5.69 Å². The molecule has 0 radical (unpaired) electrons. The number of benzene rings is 2. The van der Waals surface area contributed by atoms with E-state index in [1.165, 1.54) is 43.0 Å². The fourth-order valence-electron chi connectivity index (χ4n) is 10.6. The summed E-state index contributed by atoms with van der Waals surface area (Å²) in [5.74, 6) is 0.117. The molecule has 0 bridgehead atoms. The molecule has 1 amide bonds. The van der Waals surface area contributed by atoms with Crippen LogP contribution in [0.2, 0.25) is 0 Å². The Kier molecular flexibility index (Phi) is 11.9. The van der Waals surface area contributed by atoms with E-state index in [-0.39, 0.29) is 23.0 Å². The first-order chi connectivity index (χ1) is 30.7. The van der Waals surface area contributed by atoms with Crippen molar-refractivity contribution in [2.24, 2.45) is 11.3 Å². The van der Waals surface area contributed by atoms with Crippen molar-refractivity contribution in [2.75, 3.05) is 36.4 Å². The van der Waals surface area contributed by atoms with E-state index in [1.807, 2.05) is 12.1 Å². The number of nitro groups is 1. The smallest absolute Gasteiger partial charge is 0.312 e. The highest BCUT2D eigenvalue weighted by Crippen LogP contribution is 2.54. The van der Waals surface area contributed by atoms with Gasteiger partial charge < -0.3 is 25.0 Å². The number of likely N-dealkylation sites (tertiary alicyclic amines) is 1. The van der Waals surface area contributed by atoms with Crippen molar-refractivity contribution in [3.8, 4) is 11.5 Å². The van der Waals surface area contributed by atoms with Crippen LogP contribution >= 0.6 is 0 Å². The Labute approximate surface area is 374 Å². The van der Waals surface area contributed by atoms with Gasteiger partial charge in [-0.2, -0.15) is 0 Å². The van der Waals surface area contributed by atoms with Gasteiger partial charge in [-0.05, 0) is 130 Å². The molecule has 4 N–H and O–H groups in total. The summed E-state index contributed by atoms with van der Waals surface area (Å²) in [4.78, 5) is 41.5. The van der Waals surface area contributed by atoms with Gasteiger partial charge in [-0.25, -0.2) is 23.1 Å². The summed E-state index contributed by atoms with van der Waals surface area (Å²) < 4.78 is 35.8. The number of rotatable bonds is 13. The lowest BCUT2D eigenvalue weighted by Gasteiger charge is -2.56. The maximum atomic E-state index is 14.0. The number of fused-ring (bicyclic) bond motifs is 1. The quantitative estimate of drug-likeness (QED) is 0.0649. The van der Waals surface area contributed by atoms with E-state index in [0.29, 0.717) is 54.2 Å². The highest BCUT2D eigenvalue weighted by molar-refractivity contribution is 7.90. The first kappa shape index (κ1) is 43.7. The number of aromatic nitrogens is 3. The Bertz CT molecular complexity index is 2640. The lowest BCUT2D eigenvalue weighted by molar-refractivity contribution is -0.384. The number of carbonyl (C=O) groups is 1. The average Bonchev–Trinajstić information content (AvgIpc) is 3.95. The maximum Gasteiger partial charge on any atom is 0.312 e. The Hall–Kier alpha value is -5.58. The zero-order valence-electron chi connectivity index (χ0n) is 36.8. The molecule has 64 heavy (non-hydrogen) atoms. The van der Waals surface area contributed by atoms with Crippen molar-refractivity contribution >= 4 is 44.2 Å². The van der Waals surface area contributed by atoms with E-state index >= 15 is 0 Å². The monoisotopic (exact) mass is 890 g/mol. The topological polar surface area (TPSA) is 196 Å². The molecule has 2 saturated carbocycles. The van der Waals surface area contributed by atoms with Crippen molar-refractivity contribution in [1.82, 2.24) is 24.6 Å². The van der Waals surface area contributed by atoms with Gasteiger partial charge in [0.15, 0.2) is 0 Å². The number of H-pyrrole nitrogens is 1. The van der Waals surface area contributed by atoms with Gasteiger partial charge in [0.1, 0.15) is 22.0 Å². The zero-order chi connectivity index (χ0) is 44.8. The Morgan fingerprint density at radius 3 is 2.52 bits per heavy atom. The van der Waals surface area contributed by atoms with Crippen molar-refractivity contribution in [3.05, 3.63) is 106 Å². The van der Waals surface area contributed by atoms with Crippen LogP contribution in [0.25, 0.3) is 11.0 Å². The van der Waals surface area contributed by atoms with Crippen LogP contribution in [0.1, 0.15) is 118 Å². The average molecular weight is 891 g/mol. The summed E-state index contributed by atoms with van der Waals surface area (Å²) in [7, 11) is -4.62. The summed E-state index contributed by atoms with van der Waals surface area (Å²) in [6.07, 6.45) is 13.9. The molecule has 4 fully saturated rings. The van der Waals surface area contributed by atoms with Gasteiger partial charge in [0.25, 0.3) is 15.9 Å². The molecule has 2 aliphatic carbocycles. The number of amides is 1. The molecule has 5 heterocycles. The number of ether oxygens (including phenoxy) is 1. The predicted molar refractivity (Wildman–Crippen MR) is 245 cm³/mol. The molecule has 9 rings (SSSR count). The lowest BCUT2D eigenvalue weighted by Crippen LogP contribution is -2.54. The van der Waals surface area contributed by atoms with Crippen molar-refractivity contribution in [2.45, 2.75) is 113 Å². The molecule has 1 atom stereocenters. The Balaban J connectivity index is 0.895. The standard InChI is InChI=1S/C48H58N8O7S/c1-31(2)38-7-4-5-8-39(38)41-9-6-20-55(41)35-26-48(27-35)17-21-54(22-18-48)34-10-11-40(43(24-34)63-36-23-33-14-19-49-44(33)51-29-36)46(57)53-64(61,62)37-25-42(56(59)60)45(52-30-37)50-28-32-12-15-47(3,58)16-13-32/h4-5,7-8,10-11,14,19,23-25,29-32,35,41,58H,6,9,12-13,15-18,20-22,26-28H2,1-3H3,(H,49,51)(H,50,52)(H,53,57). The largest absolute Gasteiger partial charge is 0.455 e.